The molecule has 0 radical (unpaired) electrons. The summed E-state index contributed by atoms with van der Waals surface area (Å²) in [5.41, 5.74) is 8.34. The smallest absolute Gasteiger partial charge is 0.156 e. The number of hydrogen-bond donors (Lipinski definition) is 1. The highest BCUT2D eigenvalue weighted by Crippen LogP contribution is 2.26. The Morgan fingerprint density at radius 1 is 1.32 bits per heavy atom. The molecule has 0 aliphatic heterocycles. The predicted molar refractivity (Wildman–Crippen MR) is 79.8 cm³/mol. The van der Waals surface area contributed by atoms with Crippen molar-refractivity contribution in [2.24, 2.45) is 0 Å². The first-order chi connectivity index (χ1) is 8.85. The number of sulfone groups is 1. The molecule has 104 valence electrons. The average molecular weight is 280 g/mol. The molecule has 19 heavy (non-hydrogen) atoms. The van der Waals surface area contributed by atoms with Crippen LogP contribution in [0.4, 0.5) is 5.69 Å². The second-order valence-electron chi connectivity index (χ2n) is 5.07. The zero-order chi connectivity index (χ0) is 14.2. The Balaban J connectivity index is 2.56. The lowest BCUT2D eigenvalue weighted by atomic mass is 10.2. The predicted octanol–water partition coefficient (Wildman–Crippen LogP) is 2.57. The van der Waals surface area contributed by atoms with Crippen molar-refractivity contribution in [1.29, 1.82) is 0 Å². The molecule has 5 heteroatoms. The third-order valence-electron chi connectivity index (χ3n) is 3.40. The fraction of sp³-hybridized carbons (Fsp3) is 0.429. The summed E-state index contributed by atoms with van der Waals surface area (Å²) in [6, 6.07) is 5.61. The highest BCUT2D eigenvalue weighted by molar-refractivity contribution is 7.91. The second-order valence-corrected chi connectivity index (χ2v) is 7.63. The molecule has 2 N–H and O–H groups in total. The van der Waals surface area contributed by atoms with E-state index in [1.54, 1.807) is 13.8 Å². The SMILES string of the molecule is CCn1cc(CS(=O)(=O)C(C)C)c2ccc(N)cc21. The van der Waals surface area contributed by atoms with Gasteiger partial charge in [-0.25, -0.2) is 8.42 Å². The van der Waals surface area contributed by atoms with E-state index in [1.165, 1.54) is 0 Å². The normalized spacial score (nSPS) is 12.4. The van der Waals surface area contributed by atoms with E-state index >= 15 is 0 Å². The Morgan fingerprint density at radius 2 is 2.00 bits per heavy atom. The lowest BCUT2D eigenvalue weighted by molar-refractivity contribution is 0.586. The van der Waals surface area contributed by atoms with E-state index in [1.807, 2.05) is 35.9 Å². The molecule has 0 fully saturated rings. The van der Waals surface area contributed by atoms with Gasteiger partial charge in [0, 0.05) is 23.8 Å². The summed E-state index contributed by atoms with van der Waals surface area (Å²) in [5.74, 6) is 0.0814. The number of hydrogen-bond acceptors (Lipinski definition) is 3. The average Bonchev–Trinajstić information content (AvgIpc) is 2.66. The van der Waals surface area contributed by atoms with Gasteiger partial charge in [-0.1, -0.05) is 6.07 Å². The van der Waals surface area contributed by atoms with Gasteiger partial charge in [0.2, 0.25) is 0 Å². The molecule has 0 unspecified atom stereocenters. The summed E-state index contributed by atoms with van der Waals surface area (Å²) in [4.78, 5) is 0. The Kier molecular flexibility index (Phi) is 3.58. The topological polar surface area (TPSA) is 65.1 Å². The maximum absolute atomic E-state index is 12.1. The molecule has 4 nitrogen and oxygen atoms in total. The van der Waals surface area contributed by atoms with Gasteiger partial charge >= 0.3 is 0 Å². The van der Waals surface area contributed by atoms with Crippen LogP contribution in [0.5, 0.6) is 0 Å². The summed E-state index contributed by atoms with van der Waals surface area (Å²) in [6.45, 7) is 6.25. The highest BCUT2D eigenvalue weighted by atomic mass is 32.2. The van der Waals surface area contributed by atoms with Crippen molar-refractivity contribution in [3.63, 3.8) is 0 Å². The van der Waals surface area contributed by atoms with Crippen LogP contribution < -0.4 is 5.73 Å². The van der Waals surface area contributed by atoms with Crippen molar-refractivity contribution in [2.75, 3.05) is 5.73 Å². The quantitative estimate of drug-likeness (QED) is 0.875. The molecule has 0 amide bonds. The number of fused-ring (bicyclic) bond motifs is 1. The fourth-order valence-corrected chi connectivity index (χ4v) is 3.14. The number of nitrogen functional groups attached to an aromatic ring is 1. The van der Waals surface area contributed by atoms with E-state index in [0.717, 1.165) is 23.0 Å². The molecule has 0 bridgehead atoms. The molecule has 0 spiro atoms. The van der Waals surface area contributed by atoms with Crippen LogP contribution in [0.3, 0.4) is 0 Å². The molecule has 1 aromatic carbocycles. The first-order valence-corrected chi connectivity index (χ1v) is 8.15. The number of nitrogens with zero attached hydrogens (tertiary/aromatic N) is 1. The summed E-state index contributed by atoms with van der Waals surface area (Å²) < 4.78 is 26.2. The third-order valence-corrected chi connectivity index (χ3v) is 5.55. The van der Waals surface area contributed by atoms with Crippen LogP contribution in [0.2, 0.25) is 0 Å². The lowest BCUT2D eigenvalue weighted by Gasteiger charge is -2.06. The van der Waals surface area contributed by atoms with E-state index in [0.29, 0.717) is 5.69 Å². The van der Waals surface area contributed by atoms with E-state index in [4.69, 9.17) is 5.73 Å². The molecule has 0 aliphatic rings. The minimum absolute atomic E-state index is 0.0814. The number of aromatic nitrogens is 1. The van der Waals surface area contributed by atoms with Gasteiger partial charge in [0.05, 0.1) is 16.5 Å². The first kappa shape index (κ1) is 13.9. The largest absolute Gasteiger partial charge is 0.399 e. The van der Waals surface area contributed by atoms with Gasteiger partial charge in [-0.05, 0) is 38.5 Å². The Hall–Kier alpha value is -1.49. The second kappa shape index (κ2) is 4.89. The number of anilines is 1. The van der Waals surface area contributed by atoms with E-state index in [2.05, 4.69) is 0 Å². The van der Waals surface area contributed by atoms with Gasteiger partial charge < -0.3 is 10.3 Å². The summed E-state index contributed by atoms with van der Waals surface area (Å²) in [5, 5.41) is 0.613. The van der Waals surface area contributed by atoms with Crippen molar-refractivity contribution < 1.29 is 8.42 Å². The van der Waals surface area contributed by atoms with Gasteiger partial charge in [-0.15, -0.1) is 0 Å². The molecule has 0 atom stereocenters. The van der Waals surface area contributed by atoms with Gasteiger partial charge in [-0.3, -0.25) is 0 Å². The molecule has 0 aliphatic carbocycles. The maximum atomic E-state index is 12.1. The van der Waals surface area contributed by atoms with Gasteiger partial charge in [0.1, 0.15) is 0 Å². The zero-order valence-electron chi connectivity index (χ0n) is 11.6. The van der Waals surface area contributed by atoms with Crippen molar-refractivity contribution in [3.05, 3.63) is 30.0 Å². The van der Waals surface area contributed by atoms with E-state index in [9.17, 15) is 8.42 Å². The minimum Gasteiger partial charge on any atom is -0.399 e. The number of aryl methyl sites for hydroxylation is 1. The number of nitrogens with two attached hydrogens (primary N) is 1. The number of benzene rings is 1. The van der Waals surface area contributed by atoms with Crippen molar-refractivity contribution in [1.82, 2.24) is 4.57 Å². The molecule has 2 aromatic rings. The maximum Gasteiger partial charge on any atom is 0.156 e. The summed E-state index contributed by atoms with van der Waals surface area (Å²) >= 11 is 0. The van der Waals surface area contributed by atoms with Crippen LogP contribution in [0.1, 0.15) is 26.3 Å². The standard InChI is InChI=1S/C14H20N2O2S/c1-4-16-8-11(9-19(17,18)10(2)3)13-6-5-12(15)7-14(13)16/h5-8,10H,4,9,15H2,1-3H3. The molecular formula is C14H20N2O2S. The molecular weight excluding hydrogens is 260 g/mol. The molecule has 0 saturated carbocycles. The third kappa shape index (κ3) is 2.61. The van der Waals surface area contributed by atoms with Crippen molar-refractivity contribution in [3.8, 4) is 0 Å². The van der Waals surface area contributed by atoms with Gasteiger partial charge in [0.25, 0.3) is 0 Å². The van der Waals surface area contributed by atoms with Crippen molar-refractivity contribution >= 4 is 26.4 Å². The minimum atomic E-state index is -3.09. The Morgan fingerprint density at radius 3 is 2.58 bits per heavy atom. The van der Waals surface area contributed by atoms with Crippen LogP contribution in [0.25, 0.3) is 10.9 Å². The fourth-order valence-electron chi connectivity index (χ4n) is 2.15. The lowest BCUT2D eigenvalue weighted by Crippen LogP contribution is -2.15. The van der Waals surface area contributed by atoms with Crippen LogP contribution in [-0.4, -0.2) is 18.2 Å². The van der Waals surface area contributed by atoms with E-state index < -0.39 is 9.84 Å². The highest BCUT2D eigenvalue weighted by Gasteiger charge is 2.19. The Labute approximate surface area is 114 Å². The monoisotopic (exact) mass is 280 g/mol. The zero-order valence-corrected chi connectivity index (χ0v) is 12.4. The number of rotatable bonds is 4. The van der Waals surface area contributed by atoms with Crippen molar-refractivity contribution in [2.45, 2.75) is 38.3 Å². The van der Waals surface area contributed by atoms with Crippen LogP contribution >= 0.6 is 0 Å². The van der Waals surface area contributed by atoms with Gasteiger partial charge in [-0.2, -0.15) is 0 Å². The molecule has 1 aromatic heterocycles. The molecule has 1 heterocycles. The summed E-state index contributed by atoms with van der Waals surface area (Å²) in [6.07, 6.45) is 1.92. The van der Waals surface area contributed by atoms with Crippen LogP contribution in [-0.2, 0) is 22.1 Å². The van der Waals surface area contributed by atoms with E-state index in [-0.39, 0.29) is 11.0 Å². The van der Waals surface area contributed by atoms with Gasteiger partial charge in [0.15, 0.2) is 9.84 Å². The van der Waals surface area contributed by atoms with Crippen LogP contribution in [0.15, 0.2) is 24.4 Å². The van der Waals surface area contributed by atoms with Crippen LogP contribution in [0, 0.1) is 0 Å². The summed E-state index contributed by atoms with van der Waals surface area (Å²) in [7, 11) is -3.09. The first-order valence-electron chi connectivity index (χ1n) is 6.44. The Bertz CT molecular complexity index is 700. The molecule has 0 saturated heterocycles. The molecule has 2 rings (SSSR count).